The van der Waals surface area contributed by atoms with Crippen LogP contribution in [0, 0.1) is 17.8 Å². The molecule has 0 bridgehead atoms. The lowest BCUT2D eigenvalue weighted by Crippen LogP contribution is -2.12. The first-order valence-electron chi connectivity index (χ1n) is 7.02. The van der Waals surface area contributed by atoms with Gasteiger partial charge in [-0.1, -0.05) is 49.7 Å². The van der Waals surface area contributed by atoms with Gasteiger partial charge in [-0.25, -0.2) is 0 Å². The average Bonchev–Trinajstić information content (AvgIpc) is 2.59. The summed E-state index contributed by atoms with van der Waals surface area (Å²) in [6, 6.07) is 6.28. The van der Waals surface area contributed by atoms with E-state index in [1.165, 1.54) is 5.56 Å². The van der Waals surface area contributed by atoms with Gasteiger partial charge < -0.3 is 9.47 Å². The Morgan fingerprint density at radius 3 is 2.37 bits per heavy atom. The molecule has 0 saturated carbocycles. The van der Waals surface area contributed by atoms with Gasteiger partial charge in [0.2, 0.25) is 0 Å². The Balaban J connectivity index is 2.21. The van der Waals surface area contributed by atoms with Crippen molar-refractivity contribution in [3.8, 4) is 11.5 Å². The van der Waals surface area contributed by atoms with Crippen molar-refractivity contribution in [1.29, 1.82) is 0 Å². The second-order valence-corrected chi connectivity index (χ2v) is 6.92. The largest absolute Gasteiger partial charge is 0.489 e. The zero-order chi connectivity index (χ0) is 14.0. The number of ether oxygens (including phenoxy) is 2. The summed E-state index contributed by atoms with van der Waals surface area (Å²) in [5.41, 5.74) is 1.26. The molecule has 1 aromatic carbocycles. The first-order valence-corrected chi connectivity index (χ1v) is 7.94. The van der Waals surface area contributed by atoms with Crippen LogP contribution in [-0.4, -0.2) is 13.2 Å². The first-order chi connectivity index (χ1) is 8.99. The maximum absolute atomic E-state index is 5.85. The first kappa shape index (κ1) is 14.7. The SMILES string of the molecule is CC1COc2ccc(C(Br)C(C)C(C)C)cc2OC1. The molecule has 106 valence electrons. The lowest BCUT2D eigenvalue weighted by Gasteiger charge is -2.23. The quantitative estimate of drug-likeness (QED) is 0.741. The van der Waals surface area contributed by atoms with Crippen LogP contribution in [0.2, 0.25) is 0 Å². The van der Waals surface area contributed by atoms with Gasteiger partial charge in [0.25, 0.3) is 0 Å². The summed E-state index contributed by atoms with van der Waals surface area (Å²) in [7, 11) is 0. The standard InChI is InChI=1S/C16H23BrO2/c1-10(2)12(4)16(17)13-5-6-14-15(7-13)19-9-11(3)8-18-14/h5-7,10-12,16H,8-9H2,1-4H3. The summed E-state index contributed by atoms with van der Waals surface area (Å²) >= 11 is 3.81. The molecule has 0 N–H and O–H groups in total. The van der Waals surface area contributed by atoms with Gasteiger partial charge in [0.1, 0.15) is 0 Å². The average molecular weight is 327 g/mol. The molecule has 19 heavy (non-hydrogen) atoms. The van der Waals surface area contributed by atoms with Crippen molar-refractivity contribution in [3.05, 3.63) is 23.8 Å². The van der Waals surface area contributed by atoms with Gasteiger partial charge >= 0.3 is 0 Å². The second-order valence-electron chi connectivity index (χ2n) is 5.94. The molecular formula is C16H23BrO2. The molecule has 1 heterocycles. The summed E-state index contributed by atoms with van der Waals surface area (Å²) in [6.45, 7) is 10.4. The van der Waals surface area contributed by atoms with E-state index in [1.54, 1.807) is 0 Å². The van der Waals surface area contributed by atoms with Crippen LogP contribution in [0.5, 0.6) is 11.5 Å². The van der Waals surface area contributed by atoms with Crippen molar-refractivity contribution in [2.75, 3.05) is 13.2 Å². The minimum absolute atomic E-state index is 0.349. The number of rotatable bonds is 3. The van der Waals surface area contributed by atoms with Crippen LogP contribution >= 0.6 is 15.9 Å². The zero-order valence-electron chi connectivity index (χ0n) is 12.2. The number of hydrogen-bond acceptors (Lipinski definition) is 2. The summed E-state index contributed by atoms with van der Waals surface area (Å²) < 4.78 is 11.6. The summed E-state index contributed by atoms with van der Waals surface area (Å²) in [6.07, 6.45) is 0. The third-order valence-corrected chi connectivity index (χ3v) is 5.21. The molecule has 1 aromatic rings. The van der Waals surface area contributed by atoms with Crippen LogP contribution in [0.15, 0.2) is 18.2 Å². The molecule has 0 amide bonds. The maximum Gasteiger partial charge on any atom is 0.161 e. The highest BCUT2D eigenvalue weighted by molar-refractivity contribution is 9.09. The van der Waals surface area contributed by atoms with E-state index < -0.39 is 0 Å². The van der Waals surface area contributed by atoms with Crippen LogP contribution < -0.4 is 9.47 Å². The smallest absolute Gasteiger partial charge is 0.161 e. The molecule has 0 spiro atoms. The van der Waals surface area contributed by atoms with E-state index in [9.17, 15) is 0 Å². The Hall–Kier alpha value is -0.700. The number of benzene rings is 1. The lowest BCUT2D eigenvalue weighted by atomic mass is 9.91. The van der Waals surface area contributed by atoms with Crippen LogP contribution in [0.25, 0.3) is 0 Å². The van der Waals surface area contributed by atoms with Crippen LogP contribution in [0.4, 0.5) is 0 Å². The van der Waals surface area contributed by atoms with Gasteiger partial charge in [-0.2, -0.15) is 0 Å². The number of alkyl halides is 1. The Labute approximate surface area is 124 Å². The molecule has 3 heteroatoms. The van der Waals surface area contributed by atoms with E-state index in [1.807, 2.05) is 6.07 Å². The fourth-order valence-corrected chi connectivity index (χ4v) is 2.98. The van der Waals surface area contributed by atoms with Crippen molar-refractivity contribution < 1.29 is 9.47 Å². The highest BCUT2D eigenvalue weighted by Crippen LogP contribution is 2.40. The number of hydrogen-bond donors (Lipinski definition) is 0. The molecule has 0 saturated heterocycles. The molecule has 1 aliphatic rings. The highest BCUT2D eigenvalue weighted by Gasteiger charge is 2.22. The summed E-state index contributed by atoms with van der Waals surface area (Å²) in [5, 5.41) is 0. The van der Waals surface area contributed by atoms with Crippen molar-refractivity contribution in [2.45, 2.75) is 32.5 Å². The third kappa shape index (κ3) is 3.44. The monoisotopic (exact) mass is 326 g/mol. The maximum atomic E-state index is 5.85. The Bertz CT molecular complexity index is 431. The normalized spacial score (nSPS) is 21.9. The van der Waals surface area contributed by atoms with Crippen molar-refractivity contribution >= 4 is 15.9 Å². The molecule has 0 fully saturated rings. The van der Waals surface area contributed by atoms with Crippen LogP contribution in [-0.2, 0) is 0 Å². The highest BCUT2D eigenvalue weighted by atomic mass is 79.9. The van der Waals surface area contributed by atoms with Gasteiger partial charge in [0, 0.05) is 10.7 Å². The fourth-order valence-electron chi connectivity index (χ4n) is 2.08. The molecule has 1 aliphatic heterocycles. The van der Waals surface area contributed by atoms with Crippen molar-refractivity contribution in [1.82, 2.24) is 0 Å². The molecule has 0 radical (unpaired) electrons. The summed E-state index contributed by atoms with van der Waals surface area (Å²) in [5.74, 6) is 3.39. The third-order valence-electron chi connectivity index (χ3n) is 3.85. The van der Waals surface area contributed by atoms with Gasteiger partial charge in [0.05, 0.1) is 13.2 Å². The van der Waals surface area contributed by atoms with Gasteiger partial charge in [-0.3, -0.25) is 0 Å². The van der Waals surface area contributed by atoms with Gasteiger partial charge in [-0.05, 0) is 29.5 Å². The van der Waals surface area contributed by atoms with Crippen molar-refractivity contribution in [2.24, 2.45) is 17.8 Å². The van der Waals surface area contributed by atoms with Crippen LogP contribution in [0.1, 0.15) is 38.1 Å². The fraction of sp³-hybridized carbons (Fsp3) is 0.625. The predicted molar refractivity (Wildman–Crippen MR) is 82.3 cm³/mol. The predicted octanol–water partition coefficient (Wildman–Crippen LogP) is 4.82. The topological polar surface area (TPSA) is 18.5 Å². The van der Waals surface area contributed by atoms with E-state index in [0.29, 0.717) is 22.6 Å². The van der Waals surface area contributed by atoms with E-state index in [4.69, 9.17) is 9.47 Å². The molecule has 0 aliphatic carbocycles. The van der Waals surface area contributed by atoms with E-state index in [-0.39, 0.29) is 0 Å². The summed E-state index contributed by atoms with van der Waals surface area (Å²) in [4.78, 5) is 0.349. The molecule has 2 rings (SSSR count). The molecule has 2 nitrogen and oxygen atoms in total. The molecule has 3 atom stereocenters. The van der Waals surface area contributed by atoms with Gasteiger partial charge in [-0.15, -0.1) is 0 Å². The van der Waals surface area contributed by atoms with E-state index in [0.717, 1.165) is 24.7 Å². The molecule has 3 unspecified atom stereocenters. The molecular weight excluding hydrogens is 304 g/mol. The second kappa shape index (κ2) is 6.17. The lowest BCUT2D eigenvalue weighted by molar-refractivity contribution is 0.228. The van der Waals surface area contributed by atoms with Crippen LogP contribution in [0.3, 0.4) is 0 Å². The Kier molecular flexibility index (Phi) is 4.77. The zero-order valence-corrected chi connectivity index (χ0v) is 13.7. The Morgan fingerprint density at radius 2 is 1.74 bits per heavy atom. The molecule has 0 aromatic heterocycles. The van der Waals surface area contributed by atoms with E-state index >= 15 is 0 Å². The minimum atomic E-state index is 0.349. The minimum Gasteiger partial charge on any atom is -0.489 e. The van der Waals surface area contributed by atoms with Crippen molar-refractivity contribution in [3.63, 3.8) is 0 Å². The number of fused-ring (bicyclic) bond motifs is 1. The van der Waals surface area contributed by atoms with E-state index in [2.05, 4.69) is 55.8 Å². The number of halogens is 1. The Morgan fingerprint density at radius 1 is 1.11 bits per heavy atom. The van der Waals surface area contributed by atoms with Gasteiger partial charge in [0.15, 0.2) is 11.5 Å².